The van der Waals surface area contributed by atoms with Crippen LogP contribution in [0.1, 0.15) is 18.2 Å². The number of fused-ring (bicyclic) bond motifs is 6. The van der Waals surface area contributed by atoms with Gasteiger partial charge in [0.15, 0.2) is 11.6 Å². The maximum absolute atomic E-state index is 6.65. The van der Waals surface area contributed by atoms with Gasteiger partial charge in [-0.15, -0.1) is 0 Å². The summed E-state index contributed by atoms with van der Waals surface area (Å²) < 4.78 is 12.9. The summed E-state index contributed by atoms with van der Waals surface area (Å²) in [5, 5.41) is 4.17. The second-order valence-corrected chi connectivity index (χ2v) is 12.7. The van der Waals surface area contributed by atoms with Crippen LogP contribution in [0.3, 0.4) is 0 Å². The van der Waals surface area contributed by atoms with Gasteiger partial charge in [0.05, 0.1) is 0 Å². The number of hydrogen-bond acceptors (Lipinski definition) is 5. The fourth-order valence-corrected chi connectivity index (χ4v) is 7.16. The molecule has 9 aromatic rings. The molecule has 3 heterocycles. The highest BCUT2D eigenvalue weighted by atomic mass is 16.3. The van der Waals surface area contributed by atoms with Gasteiger partial charge in [-0.1, -0.05) is 121 Å². The highest BCUT2D eigenvalue weighted by molar-refractivity contribution is 6.15. The summed E-state index contributed by atoms with van der Waals surface area (Å²) in [6.45, 7) is 0. The van der Waals surface area contributed by atoms with Crippen LogP contribution in [0.4, 0.5) is 0 Å². The topological polar surface area (TPSA) is 65.0 Å². The van der Waals surface area contributed by atoms with Crippen LogP contribution in [-0.2, 0) is 0 Å². The second-order valence-electron chi connectivity index (χ2n) is 12.7. The van der Waals surface area contributed by atoms with Crippen molar-refractivity contribution >= 4 is 43.9 Å². The maximum atomic E-state index is 6.65. The molecule has 5 nitrogen and oxygen atoms in total. The van der Waals surface area contributed by atoms with Crippen molar-refractivity contribution in [1.82, 2.24) is 15.0 Å². The minimum Gasteiger partial charge on any atom is -0.456 e. The molecule has 0 saturated heterocycles. The Hall–Kier alpha value is -6.59. The Morgan fingerprint density at radius 2 is 1.14 bits per heavy atom. The van der Waals surface area contributed by atoms with Gasteiger partial charge in [-0.3, -0.25) is 0 Å². The molecule has 0 spiro atoms. The average molecular weight is 644 g/mol. The zero-order valence-electron chi connectivity index (χ0n) is 27.0. The molecule has 10 rings (SSSR count). The SMILES string of the molecule is C1=CCC(c2nc(-c3ccc4c(c3)oc3ccccc34)nc(-c3ccc(-c4ccc(-c5ccccc5)cc4)c4oc5ccccc5c34)n2)C=C1. The molecule has 1 atom stereocenters. The van der Waals surface area contributed by atoms with Gasteiger partial charge in [0.1, 0.15) is 28.2 Å². The number of allylic oxidation sites excluding steroid dienone is 4. The van der Waals surface area contributed by atoms with Gasteiger partial charge in [0.2, 0.25) is 0 Å². The smallest absolute Gasteiger partial charge is 0.164 e. The third kappa shape index (κ3) is 4.74. The summed E-state index contributed by atoms with van der Waals surface area (Å²) in [4.78, 5) is 15.4. The molecule has 236 valence electrons. The van der Waals surface area contributed by atoms with E-state index in [0.717, 1.165) is 78.4 Å². The third-order valence-electron chi connectivity index (χ3n) is 9.67. The van der Waals surface area contributed by atoms with Crippen molar-refractivity contribution in [3.05, 3.63) is 164 Å². The summed E-state index contributed by atoms with van der Waals surface area (Å²) in [5.74, 6) is 1.99. The first-order chi connectivity index (χ1) is 24.8. The van der Waals surface area contributed by atoms with Gasteiger partial charge in [-0.25, -0.2) is 15.0 Å². The van der Waals surface area contributed by atoms with Crippen LogP contribution >= 0.6 is 0 Å². The van der Waals surface area contributed by atoms with Gasteiger partial charge >= 0.3 is 0 Å². The largest absolute Gasteiger partial charge is 0.456 e. The zero-order valence-corrected chi connectivity index (χ0v) is 27.0. The monoisotopic (exact) mass is 643 g/mol. The lowest BCUT2D eigenvalue weighted by Crippen LogP contribution is -2.08. The molecular formula is C45H29N3O2. The van der Waals surface area contributed by atoms with E-state index in [0.29, 0.717) is 11.6 Å². The first kappa shape index (κ1) is 28.4. The normalized spacial score (nSPS) is 14.4. The Bertz CT molecular complexity index is 2790. The number of rotatable bonds is 5. The number of benzene rings is 6. The van der Waals surface area contributed by atoms with Crippen LogP contribution in [0, 0.1) is 0 Å². The van der Waals surface area contributed by atoms with E-state index in [4.69, 9.17) is 23.8 Å². The summed E-state index contributed by atoms with van der Waals surface area (Å²) in [6, 6.07) is 45.9. The van der Waals surface area contributed by atoms with Crippen molar-refractivity contribution in [2.75, 3.05) is 0 Å². The van der Waals surface area contributed by atoms with E-state index < -0.39 is 0 Å². The third-order valence-corrected chi connectivity index (χ3v) is 9.67. The van der Waals surface area contributed by atoms with Crippen molar-refractivity contribution in [2.45, 2.75) is 12.3 Å². The van der Waals surface area contributed by atoms with Crippen LogP contribution in [0.2, 0.25) is 0 Å². The Morgan fingerprint density at radius 3 is 1.96 bits per heavy atom. The van der Waals surface area contributed by atoms with Crippen LogP contribution in [0.5, 0.6) is 0 Å². The zero-order chi connectivity index (χ0) is 33.0. The van der Waals surface area contributed by atoms with Crippen LogP contribution in [-0.4, -0.2) is 15.0 Å². The van der Waals surface area contributed by atoms with Gasteiger partial charge in [-0.05, 0) is 59.5 Å². The van der Waals surface area contributed by atoms with E-state index in [-0.39, 0.29) is 5.92 Å². The summed E-state index contributed by atoms with van der Waals surface area (Å²) in [7, 11) is 0. The molecule has 0 bridgehead atoms. The van der Waals surface area contributed by atoms with E-state index in [1.807, 2.05) is 48.5 Å². The number of nitrogens with zero attached hydrogens (tertiary/aromatic N) is 3. The number of para-hydroxylation sites is 2. The molecule has 0 radical (unpaired) electrons. The fourth-order valence-electron chi connectivity index (χ4n) is 7.16. The van der Waals surface area contributed by atoms with E-state index in [1.54, 1.807) is 0 Å². The highest BCUT2D eigenvalue weighted by Gasteiger charge is 2.22. The van der Waals surface area contributed by atoms with Crippen molar-refractivity contribution in [1.29, 1.82) is 0 Å². The predicted molar refractivity (Wildman–Crippen MR) is 202 cm³/mol. The van der Waals surface area contributed by atoms with Gasteiger partial charge in [0, 0.05) is 44.2 Å². The van der Waals surface area contributed by atoms with E-state index in [9.17, 15) is 0 Å². The number of furan rings is 2. The van der Waals surface area contributed by atoms with Crippen molar-refractivity contribution in [3.8, 4) is 45.0 Å². The van der Waals surface area contributed by atoms with Crippen molar-refractivity contribution in [3.63, 3.8) is 0 Å². The first-order valence-electron chi connectivity index (χ1n) is 16.9. The van der Waals surface area contributed by atoms with E-state index >= 15 is 0 Å². The Morgan fingerprint density at radius 1 is 0.480 bits per heavy atom. The summed E-state index contributed by atoms with van der Waals surface area (Å²) in [5.41, 5.74) is 9.53. The molecule has 1 aliphatic rings. The molecule has 0 amide bonds. The molecule has 0 fully saturated rings. The number of aromatic nitrogens is 3. The molecular weight excluding hydrogens is 615 g/mol. The molecule has 50 heavy (non-hydrogen) atoms. The lowest BCUT2D eigenvalue weighted by Gasteiger charge is -2.15. The lowest BCUT2D eigenvalue weighted by atomic mass is 9.96. The standard InChI is InChI=1S/C45H29N3O2/c1-3-11-28(12-4-1)29-19-21-30(22-20-29)33-25-26-37(41-36-16-8-10-18-39(36)50-42(33)41)45-47-43(31-13-5-2-6-14-31)46-44(48-45)32-23-24-35-34-15-7-9-17-38(34)49-40(35)27-32/h1-13,15-27,31H,14H2. The Balaban J connectivity index is 1.16. The van der Waals surface area contributed by atoms with Gasteiger partial charge < -0.3 is 8.83 Å². The molecule has 6 aromatic carbocycles. The summed E-state index contributed by atoms with van der Waals surface area (Å²) in [6.07, 6.45) is 9.28. The molecule has 3 aromatic heterocycles. The minimum absolute atomic E-state index is 0.0365. The van der Waals surface area contributed by atoms with E-state index in [1.165, 1.54) is 11.1 Å². The minimum atomic E-state index is 0.0365. The fraction of sp³-hybridized carbons (Fsp3) is 0.0444. The van der Waals surface area contributed by atoms with E-state index in [2.05, 4.69) is 109 Å². The molecule has 1 unspecified atom stereocenters. The Labute approximate surface area is 287 Å². The first-order valence-corrected chi connectivity index (χ1v) is 16.9. The second kappa shape index (κ2) is 11.5. The molecule has 5 heteroatoms. The molecule has 0 saturated carbocycles. The predicted octanol–water partition coefficient (Wildman–Crippen LogP) is 11.9. The average Bonchev–Trinajstić information content (AvgIpc) is 3.77. The van der Waals surface area contributed by atoms with Crippen LogP contribution in [0.15, 0.2) is 167 Å². The van der Waals surface area contributed by atoms with Gasteiger partial charge in [0.25, 0.3) is 0 Å². The van der Waals surface area contributed by atoms with Gasteiger partial charge in [-0.2, -0.15) is 0 Å². The molecule has 0 aliphatic heterocycles. The Kier molecular flexibility index (Phi) is 6.56. The maximum Gasteiger partial charge on any atom is 0.164 e. The summed E-state index contributed by atoms with van der Waals surface area (Å²) >= 11 is 0. The molecule has 0 N–H and O–H groups in total. The van der Waals surface area contributed by atoms with Crippen LogP contribution < -0.4 is 0 Å². The van der Waals surface area contributed by atoms with Crippen molar-refractivity contribution in [2.24, 2.45) is 0 Å². The van der Waals surface area contributed by atoms with Crippen molar-refractivity contribution < 1.29 is 8.83 Å². The highest BCUT2D eigenvalue weighted by Crippen LogP contribution is 2.42. The quantitative estimate of drug-likeness (QED) is 0.187. The molecule has 1 aliphatic carbocycles. The number of hydrogen-bond donors (Lipinski definition) is 0. The van der Waals surface area contributed by atoms with Crippen LogP contribution in [0.25, 0.3) is 88.9 Å². The lowest BCUT2D eigenvalue weighted by molar-refractivity contribution is 0.669.